The fraction of sp³-hybridized carbons (Fsp3) is 0.200. The van der Waals surface area contributed by atoms with Gasteiger partial charge in [-0.3, -0.25) is 30.5 Å². The Kier molecular flexibility index (Phi) is 7.60. The molecule has 0 aliphatic heterocycles. The standard InChI is InChI=1S/C20H22N4O2S2/c1-14(17(25)21-23(2)19(27)15-10-6-4-7-11-15)18(26)22-24(3)20(28)16-12-8-5-9-13-16/h4-14H,1-3H3,(H,21,25)(H,22,26). The average molecular weight is 415 g/mol. The summed E-state index contributed by atoms with van der Waals surface area (Å²) in [6, 6.07) is 18.6. The second-order valence-corrected chi connectivity index (χ2v) is 6.91. The molecule has 0 aliphatic rings. The van der Waals surface area contributed by atoms with E-state index in [2.05, 4.69) is 10.9 Å². The summed E-state index contributed by atoms with van der Waals surface area (Å²) >= 11 is 10.7. The molecule has 0 saturated heterocycles. The molecule has 0 spiro atoms. The maximum Gasteiger partial charge on any atom is 0.250 e. The third-order valence-electron chi connectivity index (χ3n) is 3.99. The number of rotatable bonds is 4. The molecule has 28 heavy (non-hydrogen) atoms. The number of amides is 2. The zero-order valence-corrected chi connectivity index (χ0v) is 17.5. The summed E-state index contributed by atoms with van der Waals surface area (Å²) in [5, 5.41) is 2.85. The van der Waals surface area contributed by atoms with Crippen molar-refractivity contribution in [2.75, 3.05) is 14.1 Å². The van der Waals surface area contributed by atoms with Crippen molar-refractivity contribution in [3.8, 4) is 0 Å². The summed E-state index contributed by atoms with van der Waals surface area (Å²) in [6.45, 7) is 1.52. The molecular weight excluding hydrogens is 392 g/mol. The van der Waals surface area contributed by atoms with E-state index in [0.29, 0.717) is 9.98 Å². The minimum atomic E-state index is -0.943. The quantitative estimate of drug-likeness (QED) is 0.455. The summed E-state index contributed by atoms with van der Waals surface area (Å²) < 4.78 is 0. The molecule has 0 bridgehead atoms. The van der Waals surface area contributed by atoms with Gasteiger partial charge in [-0.2, -0.15) is 0 Å². The van der Waals surface area contributed by atoms with Gasteiger partial charge in [-0.1, -0.05) is 85.1 Å². The highest BCUT2D eigenvalue weighted by atomic mass is 32.1. The average Bonchev–Trinajstić information content (AvgIpc) is 2.72. The van der Waals surface area contributed by atoms with Crippen LogP contribution in [0.3, 0.4) is 0 Å². The van der Waals surface area contributed by atoms with Crippen LogP contribution in [0, 0.1) is 5.92 Å². The predicted molar refractivity (Wildman–Crippen MR) is 117 cm³/mol. The van der Waals surface area contributed by atoms with Gasteiger partial charge in [0.15, 0.2) is 0 Å². The van der Waals surface area contributed by atoms with Gasteiger partial charge in [0.2, 0.25) is 0 Å². The lowest BCUT2D eigenvalue weighted by molar-refractivity contribution is -0.137. The first-order valence-electron chi connectivity index (χ1n) is 8.58. The third-order valence-corrected chi connectivity index (χ3v) is 5.01. The highest BCUT2D eigenvalue weighted by molar-refractivity contribution is 7.80. The summed E-state index contributed by atoms with van der Waals surface area (Å²) in [4.78, 5) is 25.8. The lowest BCUT2D eigenvalue weighted by Gasteiger charge is -2.25. The van der Waals surface area contributed by atoms with Crippen LogP contribution < -0.4 is 10.9 Å². The number of nitrogens with one attached hydrogen (secondary N) is 2. The Bertz CT molecular complexity index is 788. The molecule has 0 unspecified atom stereocenters. The summed E-state index contributed by atoms with van der Waals surface area (Å²) in [7, 11) is 3.27. The molecule has 2 aromatic rings. The van der Waals surface area contributed by atoms with Crippen molar-refractivity contribution < 1.29 is 9.59 Å². The van der Waals surface area contributed by atoms with Crippen molar-refractivity contribution in [3.05, 3.63) is 71.8 Å². The molecule has 2 N–H and O–H groups in total. The van der Waals surface area contributed by atoms with Crippen molar-refractivity contribution in [2.24, 2.45) is 5.92 Å². The van der Waals surface area contributed by atoms with E-state index in [4.69, 9.17) is 24.4 Å². The molecule has 2 amide bonds. The van der Waals surface area contributed by atoms with Gasteiger partial charge in [0.1, 0.15) is 15.9 Å². The molecule has 0 saturated carbocycles. The number of hydrogen-bond acceptors (Lipinski definition) is 4. The Labute approximate surface area is 175 Å². The number of benzene rings is 2. The van der Waals surface area contributed by atoms with E-state index < -0.39 is 17.7 Å². The Balaban J connectivity index is 1.92. The Morgan fingerprint density at radius 1 is 0.750 bits per heavy atom. The first-order chi connectivity index (χ1) is 13.3. The molecule has 0 fully saturated rings. The lowest BCUT2D eigenvalue weighted by atomic mass is 10.1. The van der Waals surface area contributed by atoms with Crippen LogP contribution in [0.1, 0.15) is 18.1 Å². The summed E-state index contributed by atoms with van der Waals surface area (Å²) in [6.07, 6.45) is 0. The van der Waals surface area contributed by atoms with E-state index in [-0.39, 0.29) is 0 Å². The van der Waals surface area contributed by atoms with Crippen LogP contribution >= 0.6 is 24.4 Å². The van der Waals surface area contributed by atoms with Crippen molar-refractivity contribution in [1.29, 1.82) is 0 Å². The van der Waals surface area contributed by atoms with Crippen LogP contribution in [0.15, 0.2) is 60.7 Å². The van der Waals surface area contributed by atoms with Gasteiger partial charge >= 0.3 is 0 Å². The van der Waals surface area contributed by atoms with Crippen LogP contribution in [0.4, 0.5) is 0 Å². The summed E-state index contributed by atoms with van der Waals surface area (Å²) in [5.41, 5.74) is 6.86. The fourth-order valence-corrected chi connectivity index (χ4v) is 2.66. The predicted octanol–water partition coefficient (Wildman–Crippen LogP) is 2.30. The Morgan fingerprint density at radius 3 is 1.39 bits per heavy atom. The molecule has 0 aromatic heterocycles. The first kappa shape index (κ1) is 21.5. The monoisotopic (exact) mass is 414 g/mol. The third kappa shape index (κ3) is 5.58. The number of thiocarbonyl (C=S) groups is 2. The molecule has 8 heteroatoms. The zero-order valence-electron chi connectivity index (χ0n) is 15.9. The number of hydrogen-bond donors (Lipinski definition) is 2. The van der Waals surface area contributed by atoms with Gasteiger partial charge in [-0.05, 0) is 6.92 Å². The zero-order chi connectivity index (χ0) is 20.7. The van der Waals surface area contributed by atoms with Crippen LogP contribution in [-0.4, -0.2) is 45.9 Å². The van der Waals surface area contributed by atoms with Crippen molar-refractivity contribution in [3.63, 3.8) is 0 Å². The highest BCUT2D eigenvalue weighted by Gasteiger charge is 2.24. The SMILES string of the molecule is CC(C(=O)NN(C)C(=S)c1ccccc1)C(=O)NN(C)C(=S)c1ccccc1. The maximum absolute atomic E-state index is 12.4. The van der Waals surface area contributed by atoms with Crippen molar-refractivity contribution in [2.45, 2.75) is 6.92 Å². The van der Waals surface area contributed by atoms with E-state index in [0.717, 1.165) is 11.1 Å². The molecule has 6 nitrogen and oxygen atoms in total. The van der Waals surface area contributed by atoms with Gasteiger partial charge in [0.05, 0.1) is 0 Å². The second kappa shape index (κ2) is 9.91. The number of carbonyl (C=O) groups excluding carboxylic acids is 2. The normalized spacial score (nSPS) is 10.1. The van der Waals surface area contributed by atoms with E-state index in [9.17, 15) is 9.59 Å². The van der Waals surface area contributed by atoms with Crippen LogP contribution in [-0.2, 0) is 9.59 Å². The second-order valence-electron chi connectivity index (χ2n) is 6.13. The van der Waals surface area contributed by atoms with Gasteiger partial charge in [-0.25, -0.2) is 0 Å². The van der Waals surface area contributed by atoms with E-state index in [1.807, 2.05) is 60.7 Å². The number of carbonyl (C=O) groups is 2. The van der Waals surface area contributed by atoms with Crippen molar-refractivity contribution in [1.82, 2.24) is 20.9 Å². The van der Waals surface area contributed by atoms with E-state index >= 15 is 0 Å². The Morgan fingerprint density at radius 2 is 1.07 bits per heavy atom. The minimum absolute atomic E-state index is 0.448. The van der Waals surface area contributed by atoms with E-state index in [1.54, 1.807) is 14.1 Å². The van der Waals surface area contributed by atoms with Crippen LogP contribution in [0.25, 0.3) is 0 Å². The van der Waals surface area contributed by atoms with E-state index in [1.165, 1.54) is 16.9 Å². The molecule has 0 atom stereocenters. The van der Waals surface area contributed by atoms with Crippen molar-refractivity contribution >= 4 is 46.2 Å². The first-order valence-corrected chi connectivity index (χ1v) is 9.40. The van der Waals surface area contributed by atoms with Gasteiger partial charge < -0.3 is 0 Å². The Hall–Kier alpha value is -2.84. The molecular formula is C20H22N4O2S2. The molecule has 146 valence electrons. The van der Waals surface area contributed by atoms with Crippen LogP contribution in [0.5, 0.6) is 0 Å². The lowest BCUT2D eigenvalue weighted by Crippen LogP contribution is -2.51. The number of hydrazine groups is 2. The summed E-state index contributed by atoms with van der Waals surface area (Å²) in [5.74, 6) is -1.89. The molecule has 2 rings (SSSR count). The highest BCUT2D eigenvalue weighted by Crippen LogP contribution is 2.06. The molecule has 0 aliphatic carbocycles. The largest absolute Gasteiger partial charge is 0.277 e. The maximum atomic E-state index is 12.4. The smallest absolute Gasteiger partial charge is 0.250 e. The molecule has 0 radical (unpaired) electrons. The minimum Gasteiger partial charge on any atom is -0.277 e. The van der Waals surface area contributed by atoms with Crippen LogP contribution in [0.2, 0.25) is 0 Å². The van der Waals surface area contributed by atoms with Gasteiger partial charge in [-0.15, -0.1) is 0 Å². The topological polar surface area (TPSA) is 64.7 Å². The van der Waals surface area contributed by atoms with Gasteiger partial charge in [0, 0.05) is 25.2 Å². The number of nitrogens with zero attached hydrogens (tertiary/aromatic N) is 2. The molecule has 0 heterocycles. The van der Waals surface area contributed by atoms with Gasteiger partial charge in [0.25, 0.3) is 11.8 Å². The fourth-order valence-electron chi connectivity index (χ4n) is 2.29. The molecule has 2 aromatic carbocycles.